The van der Waals surface area contributed by atoms with E-state index in [0.717, 1.165) is 0 Å². The Kier molecular flexibility index (Phi) is 5.63. The van der Waals surface area contributed by atoms with Crippen LogP contribution in [0, 0.1) is 17.1 Å². The van der Waals surface area contributed by atoms with Gasteiger partial charge in [0, 0.05) is 26.2 Å². The number of anilines is 1. The van der Waals surface area contributed by atoms with Crippen LogP contribution in [0.1, 0.15) is 12.5 Å². The summed E-state index contributed by atoms with van der Waals surface area (Å²) in [6, 6.07) is 12.7. The number of hydrogen-bond donors (Lipinski definition) is 0. The Morgan fingerprint density at radius 3 is 2.37 bits per heavy atom. The molecule has 0 saturated carbocycles. The van der Waals surface area contributed by atoms with Gasteiger partial charge in [-0.25, -0.2) is 12.8 Å². The maximum Gasteiger partial charge on any atom is 0.243 e. The molecular weight excluding hydrogens is 369 g/mol. The molecule has 2 aromatic carbocycles. The smallest absolute Gasteiger partial charge is 0.243 e. The highest BCUT2D eigenvalue weighted by atomic mass is 32.2. The van der Waals surface area contributed by atoms with E-state index in [2.05, 4.69) is 0 Å². The van der Waals surface area contributed by atoms with Gasteiger partial charge in [0.05, 0.1) is 17.2 Å². The van der Waals surface area contributed by atoms with Gasteiger partial charge in [-0.2, -0.15) is 9.57 Å². The van der Waals surface area contributed by atoms with Crippen molar-refractivity contribution >= 4 is 15.7 Å². The summed E-state index contributed by atoms with van der Waals surface area (Å²) in [7, 11) is -3.61. The number of halogens is 1. The van der Waals surface area contributed by atoms with Gasteiger partial charge in [-0.1, -0.05) is 6.07 Å². The Hall–Kier alpha value is -2.63. The molecule has 8 heteroatoms. The van der Waals surface area contributed by atoms with E-state index >= 15 is 0 Å². The predicted molar refractivity (Wildman–Crippen MR) is 99.7 cm³/mol. The normalized spacial score (nSPS) is 15.4. The molecule has 27 heavy (non-hydrogen) atoms. The van der Waals surface area contributed by atoms with Gasteiger partial charge in [0.15, 0.2) is 0 Å². The lowest BCUT2D eigenvalue weighted by Crippen LogP contribution is -2.48. The lowest BCUT2D eigenvalue weighted by molar-refractivity contribution is 0.340. The number of sulfonamides is 1. The van der Waals surface area contributed by atoms with Crippen molar-refractivity contribution in [3.63, 3.8) is 0 Å². The van der Waals surface area contributed by atoms with Gasteiger partial charge in [0.25, 0.3) is 0 Å². The van der Waals surface area contributed by atoms with E-state index in [1.165, 1.54) is 22.5 Å². The van der Waals surface area contributed by atoms with Crippen LogP contribution in [0.2, 0.25) is 0 Å². The van der Waals surface area contributed by atoms with Gasteiger partial charge in [-0.05, 0) is 43.3 Å². The van der Waals surface area contributed by atoms with Gasteiger partial charge in [-0.3, -0.25) is 0 Å². The van der Waals surface area contributed by atoms with Gasteiger partial charge in [-0.15, -0.1) is 0 Å². The summed E-state index contributed by atoms with van der Waals surface area (Å²) in [5.74, 6) is 0.0517. The molecule has 6 nitrogen and oxygen atoms in total. The Morgan fingerprint density at radius 2 is 1.78 bits per heavy atom. The van der Waals surface area contributed by atoms with Crippen molar-refractivity contribution in [1.82, 2.24) is 4.31 Å². The number of ether oxygens (including phenoxy) is 1. The monoisotopic (exact) mass is 389 g/mol. The number of benzene rings is 2. The summed E-state index contributed by atoms with van der Waals surface area (Å²) in [5, 5.41) is 9.19. The predicted octanol–water partition coefficient (Wildman–Crippen LogP) is 2.61. The number of nitriles is 1. The number of rotatable bonds is 5. The van der Waals surface area contributed by atoms with Gasteiger partial charge in [0.2, 0.25) is 10.0 Å². The van der Waals surface area contributed by atoms with Crippen molar-refractivity contribution in [1.29, 1.82) is 5.26 Å². The second-order valence-electron chi connectivity index (χ2n) is 6.04. The highest BCUT2D eigenvalue weighted by Gasteiger charge is 2.29. The van der Waals surface area contributed by atoms with E-state index in [0.29, 0.717) is 31.1 Å². The van der Waals surface area contributed by atoms with Gasteiger partial charge < -0.3 is 9.64 Å². The van der Waals surface area contributed by atoms with Crippen LogP contribution >= 0.6 is 0 Å². The third-order valence-electron chi connectivity index (χ3n) is 4.46. The summed E-state index contributed by atoms with van der Waals surface area (Å²) in [5.41, 5.74) is 0.482. The molecule has 0 spiro atoms. The third-order valence-corrected chi connectivity index (χ3v) is 6.37. The van der Waals surface area contributed by atoms with E-state index < -0.39 is 15.8 Å². The molecule has 1 aliphatic heterocycles. The molecular formula is C19H20FN3O3S. The van der Waals surface area contributed by atoms with E-state index in [-0.39, 0.29) is 23.5 Å². The van der Waals surface area contributed by atoms with Crippen LogP contribution in [0.3, 0.4) is 0 Å². The van der Waals surface area contributed by atoms with Gasteiger partial charge in [0.1, 0.15) is 23.2 Å². The average Bonchev–Trinajstić information content (AvgIpc) is 2.68. The van der Waals surface area contributed by atoms with Crippen LogP contribution in [0.15, 0.2) is 47.4 Å². The minimum absolute atomic E-state index is 0.0136. The number of nitrogens with zero attached hydrogens (tertiary/aromatic N) is 3. The van der Waals surface area contributed by atoms with Crippen molar-refractivity contribution in [2.45, 2.75) is 11.8 Å². The second-order valence-corrected chi connectivity index (χ2v) is 7.98. The summed E-state index contributed by atoms with van der Waals surface area (Å²) >= 11 is 0. The standard InChI is InChI=1S/C19H20FN3O3S/c1-2-26-15-6-8-16(9-7-15)27(24,25)23-12-10-22(11-13-23)19-5-3-4-18(20)17(19)14-21/h3-9H,2,10-13H2,1H3. The van der Waals surface area contributed by atoms with E-state index in [1.807, 2.05) is 17.9 Å². The first-order valence-electron chi connectivity index (χ1n) is 8.64. The largest absolute Gasteiger partial charge is 0.494 e. The summed E-state index contributed by atoms with van der Waals surface area (Å²) in [4.78, 5) is 2.05. The second kappa shape index (κ2) is 7.94. The van der Waals surface area contributed by atoms with Crippen LogP contribution in [0.5, 0.6) is 5.75 Å². The lowest BCUT2D eigenvalue weighted by atomic mass is 10.1. The van der Waals surface area contributed by atoms with Crippen LogP contribution in [0.4, 0.5) is 10.1 Å². The fraction of sp³-hybridized carbons (Fsp3) is 0.316. The van der Waals surface area contributed by atoms with Crippen LogP contribution in [-0.4, -0.2) is 45.5 Å². The highest BCUT2D eigenvalue weighted by Crippen LogP contribution is 2.26. The maximum atomic E-state index is 13.8. The molecule has 1 saturated heterocycles. The molecule has 1 heterocycles. The molecule has 1 aliphatic rings. The van der Waals surface area contributed by atoms with E-state index in [9.17, 15) is 18.1 Å². The first-order chi connectivity index (χ1) is 13.0. The molecule has 2 aromatic rings. The maximum absolute atomic E-state index is 13.8. The zero-order valence-corrected chi connectivity index (χ0v) is 15.7. The summed E-state index contributed by atoms with van der Waals surface area (Å²) < 4.78 is 46.2. The topological polar surface area (TPSA) is 73.6 Å². The van der Waals surface area contributed by atoms with Crippen molar-refractivity contribution in [3.05, 3.63) is 53.8 Å². The van der Waals surface area contributed by atoms with Crippen molar-refractivity contribution in [3.8, 4) is 11.8 Å². The molecule has 0 aliphatic carbocycles. The Morgan fingerprint density at radius 1 is 1.11 bits per heavy atom. The zero-order valence-electron chi connectivity index (χ0n) is 14.9. The van der Waals surface area contributed by atoms with E-state index in [4.69, 9.17) is 4.74 Å². The summed E-state index contributed by atoms with van der Waals surface area (Å²) in [6.07, 6.45) is 0. The molecule has 0 N–H and O–H groups in total. The van der Waals surface area contributed by atoms with Crippen molar-refractivity contribution in [2.75, 3.05) is 37.7 Å². The highest BCUT2D eigenvalue weighted by molar-refractivity contribution is 7.89. The summed E-state index contributed by atoms with van der Waals surface area (Å²) in [6.45, 7) is 3.66. The third kappa shape index (κ3) is 3.89. The molecule has 0 bridgehead atoms. The molecule has 0 unspecified atom stereocenters. The number of piperazine rings is 1. The van der Waals surface area contributed by atoms with Crippen LogP contribution in [-0.2, 0) is 10.0 Å². The first kappa shape index (κ1) is 19.1. The fourth-order valence-corrected chi connectivity index (χ4v) is 4.50. The fourth-order valence-electron chi connectivity index (χ4n) is 3.08. The molecule has 0 aromatic heterocycles. The number of hydrogen-bond acceptors (Lipinski definition) is 5. The minimum Gasteiger partial charge on any atom is -0.494 e. The van der Waals surface area contributed by atoms with Crippen molar-refractivity contribution in [2.24, 2.45) is 0 Å². The molecule has 142 valence electrons. The van der Waals surface area contributed by atoms with Crippen molar-refractivity contribution < 1.29 is 17.5 Å². The SMILES string of the molecule is CCOc1ccc(S(=O)(=O)N2CCN(c3cccc(F)c3C#N)CC2)cc1. The van der Waals surface area contributed by atoms with Crippen LogP contribution < -0.4 is 9.64 Å². The van der Waals surface area contributed by atoms with Crippen LogP contribution in [0.25, 0.3) is 0 Å². The molecule has 3 rings (SSSR count). The first-order valence-corrected chi connectivity index (χ1v) is 10.1. The lowest BCUT2D eigenvalue weighted by Gasteiger charge is -2.35. The zero-order chi connectivity index (χ0) is 19.4. The Balaban J connectivity index is 1.73. The molecule has 0 radical (unpaired) electrons. The molecule has 0 amide bonds. The van der Waals surface area contributed by atoms with E-state index in [1.54, 1.807) is 24.3 Å². The van der Waals surface area contributed by atoms with Gasteiger partial charge >= 0.3 is 0 Å². The minimum atomic E-state index is -3.61. The quantitative estimate of drug-likeness (QED) is 0.786. The average molecular weight is 389 g/mol. The Labute approximate surface area is 158 Å². The Bertz CT molecular complexity index is 947. The molecule has 0 atom stereocenters. The molecule has 1 fully saturated rings.